The number of carbonyl (C=O) groups excluding carboxylic acids is 1. The molecule has 0 radical (unpaired) electrons. The lowest BCUT2D eigenvalue weighted by molar-refractivity contribution is -0.255. The number of hydrogen-bond donors (Lipinski definition) is 1. The van der Waals surface area contributed by atoms with Crippen LogP contribution in [0.2, 0.25) is 0 Å². The van der Waals surface area contributed by atoms with Crippen LogP contribution in [0, 0.1) is 12.7 Å². The molecule has 0 saturated carbocycles. The summed E-state index contributed by atoms with van der Waals surface area (Å²) in [5.74, 6) is -2.83. The third-order valence-electron chi connectivity index (χ3n) is 2.77. The topological polar surface area (TPSA) is 86.3 Å². The Morgan fingerprint density at radius 3 is 2.33 bits per heavy atom. The molecule has 5 nitrogen and oxygen atoms in total. The molecule has 1 N–H and O–H groups in total. The summed E-state index contributed by atoms with van der Waals surface area (Å²) in [5, 5.41) is 10.7. The Morgan fingerprint density at radius 1 is 1.14 bits per heavy atom. The van der Waals surface area contributed by atoms with E-state index in [0.29, 0.717) is 5.69 Å². The number of benzene rings is 2. The number of aromatic carboxylic acids is 1. The molecule has 21 heavy (non-hydrogen) atoms. The number of carboxylic acid groups (broad SMARTS) is 1. The van der Waals surface area contributed by atoms with Gasteiger partial charge in [-0.25, -0.2) is 12.8 Å². The van der Waals surface area contributed by atoms with Gasteiger partial charge in [0.25, 0.3) is 10.0 Å². The highest BCUT2D eigenvalue weighted by molar-refractivity contribution is 7.92. The van der Waals surface area contributed by atoms with E-state index in [-0.39, 0.29) is 4.90 Å². The van der Waals surface area contributed by atoms with E-state index in [1.165, 1.54) is 0 Å². The van der Waals surface area contributed by atoms with Crippen LogP contribution in [0.1, 0.15) is 15.9 Å². The van der Waals surface area contributed by atoms with Gasteiger partial charge < -0.3 is 9.90 Å². The zero-order valence-electron chi connectivity index (χ0n) is 11.0. The Kier molecular flexibility index (Phi) is 3.95. The maximum atomic E-state index is 13.2. The Balaban J connectivity index is 2.38. The molecule has 0 unspecified atom stereocenters. The van der Waals surface area contributed by atoms with Gasteiger partial charge in [-0.15, -0.1) is 0 Å². The lowest BCUT2D eigenvalue weighted by atomic mass is 10.2. The van der Waals surface area contributed by atoms with Crippen LogP contribution in [0.5, 0.6) is 0 Å². The Morgan fingerprint density at radius 2 is 1.76 bits per heavy atom. The van der Waals surface area contributed by atoms with E-state index in [4.69, 9.17) is 0 Å². The first-order valence-electron chi connectivity index (χ1n) is 5.90. The van der Waals surface area contributed by atoms with Crippen LogP contribution in [0.25, 0.3) is 0 Å². The molecule has 0 aliphatic rings. The number of carboxylic acids is 1. The summed E-state index contributed by atoms with van der Waals surface area (Å²) in [4.78, 5) is 10.4. The molecule has 0 amide bonds. The van der Waals surface area contributed by atoms with E-state index in [1.54, 1.807) is 24.3 Å². The molecular weight excluding hydrogens is 297 g/mol. The van der Waals surface area contributed by atoms with Crippen molar-refractivity contribution in [2.24, 2.45) is 0 Å². The molecule has 0 saturated heterocycles. The minimum Gasteiger partial charge on any atom is -0.545 e. The molecule has 0 aromatic heterocycles. The number of aryl methyl sites for hydroxylation is 1. The average molecular weight is 308 g/mol. The number of nitrogens with one attached hydrogen (secondary N) is 1. The normalized spacial score (nSPS) is 11.1. The van der Waals surface area contributed by atoms with Crippen molar-refractivity contribution in [1.29, 1.82) is 0 Å². The van der Waals surface area contributed by atoms with Crippen LogP contribution < -0.4 is 9.83 Å². The number of sulfonamides is 1. The minimum absolute atomic E-state index is 0.319. The second-order valence-corrected chi connectivity index (χ2v) is 6.08. The molecule has 0 atom stereocenters. The monoisotopic (exact) mass is 308 g/mol. The van der Waals surface area contributed by atoms with Crippen molar-refractivity contribution in [3.05, 3.63) is 59.4 Å². The number of anilines is 1. The SMILES string of the molecule is Cc1ccc(NS(=O)(=O)c2ccc(F)c(C(=O)[O-])c2)cc1. The van der Waals surface area contributed by atoms with Crippen molar-refractivity contribution in [2.75, 3.05) is 4.72 Å². The highest BCUT2D eigenvalue weighted by atomic mass is 32.2. The fraction of sp³-hybridized carbons (Fsp3) is 0.0714. The van der Waals surface area contributed by atoms with Gasteiger partial charge in [-0.2, -0.15) is 0 Å². The molecule has 7 heteroatoms. The molecular formula is C14H11FNO4S-. The highest BCUT2D eigenvalue weighted by Crippen LogP contribution is 2.19. The fourth-order valence-corrected chi connectivity index (χ4v) is 2.75. The first-order chi connectivity index (χ1) is 9.79. The van der Waals surface area contributed by atoms with Gasteiger partial charge in [0.15, 0.2) is 0 Å². The summed E-state index contributed by atoms with van der Waals surface area (Å²) in [6.07, 6.45) is 0. The number of hydrogen-bond acceptors (Lipinski definition) is 4. The molecule has 0 bridgehead atoms. The van der Waals surface area contributed by atoms with Gasteiger partial charge in [-0.3, -0.25) is 4.72 Å². The predicted molar refractivity (Wildman–Crippen MR) is 72.7 cm³/mol. The third kappa shape index (κ3) is 3.38. The van der Waals surface area contributed by atoms with Crippen LogP contribution in [0.4, 0.5) is 10.1 Å². The first-order valence-corrected chi connectivity index (χ1v) is 7.38. The largest absolute Gasteiger partial charge is 0.545 e. The van der Waals surface area contributed by atoms with Gasteiger partial charge in [0.05, 0.1) is 10.9 Å². The summed E-state index contributed by atoms with van der Waals surface area (Å²) in [7, 11) is -4.01. The first kappa shape index (κ1) is 15.0. The minimum atomic E-state index is -4.01. The van der Waals surface area contributed by atoms with Gasteiger partial charge in [0, 0.05) is 11.3 Å². The second kappa shape index (κ2) is 5.53. The fourth-order valence-electron chi connectivity index (χ4n) is 1.66. The smallest absolute Gasteiger partial charge is 0.261 e. The summed E-state index contributed by atoms with van der Waals surface area (Å²) < 4.78 is 39.8. The predicted octanol–water partition coefficient (Wildman–Crippen LogP) is 1.30. The molecule has 0 heterocycles. The third-order valence-corrected chi connectivity index (χ3v) is 4.15. The van der Waals surface area contributed by atoms with Crippen LogP contribution in [0.3, 0.4) is 0 Å². The van der Waals surface area contributed by atoms with Crippen molar-refractivity contribution in [3.8, 4) is 0 Å². The molecule has 2 rings (SSSR count). The summed E-state index contributed by atoms with van der Waals surface area (Å²) in [5.41, 5.74) is 0.473. The van der Waals surface area contributed by atoms with Gasteiger partial charge in [0.2, 0.25) is 0 Å². The molecule has 0 spiro atoms. The lowest BCUT2D eigenvalue weighted by Crippen LogP contribution is -2.24. The summed E-state index contributed by atoms with van der Waals surface area (Å²) in [6.45, 7) is 1.85. The standard InChI is InChI=1S/C14H12FNO4S/c1-9-2-4-10(5-3-9)16-21(19,20)11-6-7-13(15)12(8-11)14(17)18/h2-8,16H,1H3,(H,17,18)/p-1. The molecule has 2 aromatic carbocycles. The number of carbonyl (C=O) groups is 1. The molecule has 0 aliphatic carbocycles. The highest BCUT2D eigenvalue weighted by Gasteiger charge is 2.16. The van der Waals surface area contributed by atoms with E-state index in [1.807, 2.05) is 6.92 Å². The second-order valence-electron chi connectivity index (χ2n) is 4.40. The van der Waals surface area contributed by atoms with E-state index in [2.05, 4.69) is 4.72 Å². The lowest BCUT2D eigenvalue weighted by Gasteiger charge is -2.10. The zero-order chi connectivity index (χ0) is 15.6. The van der Waals surface area contributed by atoms with E-state index < -0.39 is 27.4 Å². The number of halogens is 1. The molecule has 0 fully saturated rings. The van der Waals surface area contributed by atoms with Gasteiger partial charge >= 0.3 is 0 Å². The Labute approximate surface area is 121 Å². The van der Waals surface area contributed by atoms with Crippen LogP contribution in [0.15, 0.2) is 47.4 Å². The van der Waals surface area contributed by atoms with Gasteiger partial charge in [-0.05, 0) is 37.3 Å². The molecule has 110 valence electrons. The number of rotatable bonds is 4. The average Bonchev–Trinajstić information content (AvgIpc) is 2.41. The van der Waals surface area contributed by atoms with E-state index >= 15 is 0 Å². The van der Waals surface area contributed by atoms with Crippen molar-refractivity contribution < 1.29 is 22.7 Å². The van der Waals surface area contributed by atoms with E-state index in [0.717, 1.165) is 23.8 Å². The van der Waals surface area contributed by atoms with Crippen molar-refractivity contribution >= 4 is 21.7 Å². The van der Waals surface area contributed by atoms with Crippen molar-refractivity contribution in [2.45, 2.75) is 11.8 Å². The quantitative estimate of drug-likeness (QED) is 0.922. The van der Waals surface area contributed by atoms with Crippen molar-refractivity contribution in [1.82, 2.24) is 0 Å². The molecule has 0 aliphatic heterocycles. The maximum absolute atomic E-state index is 13.2. The van der Waals surface area contributed by atoms with Crippen LogP contribution in [-0.4, -0.2) is 14.4 Å². The van der Waals surface area contributed by atoms with Gasteiger partial charge in [-0.1, -0.05) is 17.7 Å². The van der Waals surface area contributed by atoms with Gasteiger partial charge in [0.1, 0.15) is 5.82 Å². The van der Waals surface area contributed by atoms with E-state index in [9.17, 15) is 22.7 Å². The van der Waals surface area contributed by atoms with Crippen molar-refractivity contribution in [3.63, 3.8) is 0 Å². The van der Waals surface area contributed by atoms with Crippen LogP contribution in [-0.2, 0) is 10.0 Å². The Hall–Kier alpha value is -2.41. The summed E-state index contributed by atoms with van der Waals surface area (Å²) >= 11 is 0. The zero-order valence-corrected chi connectivity index (χ0v) is 11.8. The Bertz CT molecular complexity index is 785. The molecule has 2 aromatic rings. The summed E-state index contributed by atoms with van der Waals surface area (Å²) in [6, 6.07) is 9.05. The maximum Gasteiger partial charge on any atom is 0.261 e. The van der Waals surface area contributed by atoms with Crippen LogP contribution >= 0.6 is 0 Å².